The highest BCUT2D eigenvalue weighted by Crippen LogP contribution is 2.28. The van der Waals surface area contributed by atoms with E-state index in [9.17, 15) is 0 Å². The molecule has 1 aromatic carbocycles. The molecule has 0 atom stereocenters. The molecule has 0 saturated heterocycles. The standard InChI is InChI=1S/C14H12ClN3/c1-18-13-7-10(15)3-2-9(13)6-14(18)12-8-11(16)4-5-17-12/h2-8H,1H3,(H2,16,17). The second-order valence-electron chi connectivity index (χ2n) is 4.27. The Kier molecular flexibility index (Phi) is 2.49. The number of aryl methyl sites for hydroxylation is 1. The number of hydrogen-bond acceptors (Lipinski definition) is 2. The summed E-state index contributed by atoms with van der Waals surface area (Å²) >= 11 is 6.02. The summed E-state index contributed by atoms with van der Waals surface area (Å²) in [6, 6.07) is 11.6. The molecule has 2 N–H and O–H groups in total. The number of benzene rings is 1. The minimum atomic E-state index is 0.711. The average Bonchev–Trinajstić information content (AvgIpc) is 2.67. The molecule has 18 heavy (non-hydrogen) atoms. The van der Waals surface area contributed by atoms with Crippen LogP contribution in [0, 0.1) is 0 Å². The molecule has 0 bridgehead atoms. The van der Waals surface area contributed by atoms with E-state index in [1.54, 1.807) is 12.3 Å². The van der Waals surface area contributed by atoms with Crippen molar-refractivity contribution < 1.29 is 0 Å². The van der Waals surface area contributed by atoms with E-state index in [1.807, 2.05) is 31.3 Å². The van der Waals surface area contributed by atoms with Gasteiger partial charge in [-0.15, -0.1) is 0 Å². The zero-order valence-electron chi connectivity index (χ0n) is 9.89. The Labute approximate surface area is 110 Å². The molecule has 0 aliphatic heterocycles. The van der Waals surface area contributed by atoms with Crippen LogP contribution in [0.5, 0.6) is 0 Å². The van der Waals surface area contributed by atoms with Crippen LogP contribution in [-0.4, -0.2) is 9.55 Å². The van der Waals surface area contributed by atoms with Gasteiger partial charge in [-0.2, -0.15) is 0 Å². The predicted octanol–water partition coefficient (Wildman–Crippen LogP) is 3.48. The number of anilines is 1. The molecule has 0 saturated carbocycles. The van der Waals surface area contributed by atoms with Gasteiger partial charge in [0.15, 0.2) is 0 Å². The number of halogens is 1. The van der Waals surface area contributed by atoms with E-state index in [4.69, 9.17) is 17.3 Å². The number of nitrogens with two attached hydrogens (primary N) is 1. The summed E-state index contributed by atoms with van der Waals surface area (Å²) in [6.07, 6.45) is 1.72. The van der Waals surface area contributed by atoms with Gasteiger partial charge in [-0.05, 0) is 30.3 Å². The lowest BCUT2D eigenvalue weighted by molar-refractivity contribution is 0.970. The first-order chi connectivity index (χ1) is 8.65. The Morgan fingerprint density at radius 2 is 2.00 bits per heavy atom. The van der Waals surface area contributed by atoms with Crippen LogP contribution in [0.25, 0.3) is 22.3 Å². The molecule has 0 fully saturated rings. The Bertz CT molecular complexity index is 731. The maximum Gasteiger partial charge on any atom is 0.0887 e. The van der Waals surface area contributed by atoms with Gasteiger partial charge in [0.05, 0.1) is 11.4 Å². The zero-order valence-corrected chi connectivity index (χ0v) is 10.6. The zero-order chi connectivity index (χ0) is 12.7. The number of fused-ring (bicyclic) bond motifs is 1. The number of hydrogen-bond donors (Lipinski definition) is 1. The normalized spacial score (nSPS) is 11.0. The lowest BCUT2D eigenvalue weighted by Crippen LogP contribution is -1.94. The Balaban J connectivity index is 2.27. The van der Waals surface area contributed by atoms with Gasteiger partial charge >= 0.3 is 0 Å². The number of rotatable bonds is 1. The molecule has 90 valence electrons. The van der Waals surface area contributed by atoms with Gasteiger partial charge in [0.25, 0.3) is 0 Å². The first-order valence-electron chi connectivity index (χ1n) is 5.62. The van der Waals surface area contributed by atoms with E-state index >= 15 is 0 Å². The van der Waals surface area contributed by atoms with Gasteiger partial charge in [0, 0.05) is 34.9 Å². The SMILES string of the molecule is Cn1c(-c2cc(N)ccn2)cc2ccc(Cl)cc21. The highest BCUT2D eigenvalue weighted by atomic mass is 35.5. The first kappa shape index (κ1) is 11.1. The van der Waals surface area contributed by atoms with Crippen LogP contribution in [0.4, 0.5) is 5.69 Å². The smallest absolute Gasteiger partial charge is 0.0887 e. The van der Waals surface area contributed by atoms with Crippen molar-refractivity contribution >= 4 is 28.2 Å². The highest BCUT2D eigenvalue weighted by Gasteiger charge is 2.09. The molecule has 0 aliphatic rings. The summed E-state index contributed by atoms with van der Waals surface area (Å²) in [6.45, 7) is 0. The summed E-state index contributed by atoms with van der Waals surface area (Å²) in [7, 11) is 2.00. The molecule has 0 unspecified atom stereocenters. The van der Waals surface area contributed by atoms with E-state index < -0.39 is 0 Å². The third-order valence-corrected chi connectivity index (χ3v) is 3.29. The molecule has 0 radical (unpaired) electrons. The van der Waals surface area contributed by atoms with Crippen LogP contribution < -0.4 is 5.73 Å². The summed E-state index contributed by atoms with van der Waals surface area (Å²) in [5, 5.41) is 1.87. The molecule has 4 heteroatoms. The van der Waals surface area contributed by atoms with Crippen molar-refractivity contribution in [2.45, 2.75) is 0 Å². The van der Waals surface area contributed by atoms with Crippen LogP contribution in [0.2, 0.25) is 5.02 Å². The lowest BCUT2D eigenvalue weighted by atomic mass is 10.2. The lowest BCUT2D eigenvalue weighted by Gasteiger charge is -2.04. The molecular weight excluding hydrogens is 246 g/mol. The van der Waals surface area contributed by atoms with E-state index in [-0.39, 0.29) is 0 Å². The number of nitrogen functional groups attached to an aromatic ring is 1. The number of nitrogens with zero attached hydrogens (tertiary/aromatic N) is 2. The predicted molar refractivity (Wildman–Crippen MR) is 75.6 cm³/mol. The quantitative estimate of drug-likeness (QED) is 0.725. The minimum Gasteiger partial charge on any atom is -0.399 e. The van der Waals surface area contributed by atoms with Gasteiger partial charge in [-0.1, -0.05) is 17.7 Å². The van der Waals surface area contributed by atoms with Crippen molar-refractivity contribution in [2.75, 3.05) is 5.73 Å². The molecule has 3 nitrogen and oxygen atoms in total. The van der Waals surface area contributed by atoms with Crippen LogP contribution >= 0.6 is 11.6 Å². The van der Waals surface area contributed by atoms with Gasteiger partial charge < -0.3 is 10.3 Å². The first-order valence-corrected chi connectivity index (χ1v) is 6.00. The molecule has 2 aromatic heterocycles. The average molecular weight is 258 g/mol. The fraction of sp³-hybridized carbons (Fsp3) is 0.0714. The molecule has 3 rings (SSSR count). The van der Waals surface area contributed by atoms with E-state index in [0.717, 1.165) is 27.3 Å². The van der Waals surface area contributed by atoms with E-state index in [2.05, 4.69) is 15.6 Å². The Morgan fingerprint density at radius 1 is 1.17 bits per heavy atom. The summed E-state index contributed by atoms with van der Waals surface area (Å²) < 4.78 is 2.07. The molecule has 3 aromatic rings. The highest BCUT2D eigenvalue weighted by molar-refractivity contribution is 6.31. The van der Waals surface area contributed by atoms with Crippen LogP contribution in [0.3, 0.4) is 0 Å². The molecule has 0 spiro atoms. The second kappa shape index (κ2) is 4.03. The molecule has 0 aliphatic carbocycles. The number of pyridine rings is 1. The van der Waals surface area contributed by atoms with E-state index in [0.29, 0.717) is 5.69 Å². The summed E-state index contributed by atoms with van der Waals surface area (Å²) in [4.78, 5) is 4.35. The fourth-order valence-corrected chi connectivity index (χ4v) is 2.30. The Hall–Kier alpha value is -2.00. The molecular formula is C14H12ClN3. The van der Waals surface area contributed by atoms with Crippen molar-refractivity contribution in [3.8, 4) is 11.4 Å². The van der Waals surface area contributed by atoms with Crippen LogP contribution in [-0.2, 0) is 7.05 Å². The summed E-state index contributed by atoms with van der Waals surface area (Å²) in [5.74, 6) is 0. The largest absolute Gasteiger partial charge is 0.399 e. The van der Waals surface area contributed by atoms with Crippen LogP contribution in [0.1, 0.15) is 0 Å². The van der Waals surface area contributed by atoms with Crippen molar-refractivity contribution in [2.24, 2.45) is 7.05 Å². The minimum absolute atomic E-state index is 0.711. The monoisotopic (exact) mass is 257 g/mol. The van der Waals surface area contributed by atoms with Gasteiger partial charge in [-0.25, -0.2) is 0 Å². The second-order valence-corrected chi connectivity index (χ2v) is 4.70. The fourth-order valence-electron chi connectivity index (χ4n) is 2.14. The van der Waals surface area contributed by atoms with E-state index in [1.165, 1.54) is 0 Å². The number of aromatic nitrogens is 2. The molecule has 2 heterocycles. The van der Waals surface area contributed by atoms with Crippen molar-refractivity contribution in [1.29, 1.82) is 0 Å². The Morgan fingerprint density at radius 3 is 2.78 bits per heavy atom. The maximum atomic E-state index is 6.02. The topological polar surface area (TPSA) is 43.8 Å². The third-order valence-electron chi connectivity index (χ3n) is 3.05. The van der Waals surface area contributed by atoms with Gasteiger partial charge in [0.2, 0.25) is 0 Å². The molecule has 0 amide bonds. The van der Waals surface area contributed by atoms with Crippen molar-refractivity contribution in [1.82, 2.24) is 9.55 Å². The van der Waals surface area contributed by atoms with Crippen molar-refractivity contribution in [3.05, 3.63) is 47.6 Å². The summed E-state index contributed by atoms with van der Waals surface area (Å²) in [5.41, 5.74) is 9.48. The maximum absolute atomic E-state index is 6.02. The van der Waals surface area contributed by atoms with Gasteiger partial charge in [-0.3, -0.25) is 4.98 Å². The van der Waals surface area contributed by atoms with Gasteiger partial charge in [0.1, 0.15) is 0 Å². The van der Waals surface area contributed by atoms with Crippen LogP contribution in [0.15, 0.2) is 42.6 Å². The van der Waals surface area contributed by atoms with Crippen molar-refractivity contribution in [3.63, 3.8) is 0 Å². The third kappa shape index (κ3) is 1.73.